The third-order valence-corrected chi connectivity index (χ3v) is 7.70. The number of hydrogen-bond donors (Lipinski definition) is 0. The molecule has 11 heteroatoms. The summed E-state index contributed by atoms with van der Waals surface area (Å²) in [4.78, 5) is 25.8. The molecule has 0 atom stereocenters. The predicted octanol–water partition coefficient (Wildman–Crippen LogP) is 3.09. The van der Waals surface area contributed by atoms with Gasteiger partial charge in [0.05, 0.1) is 38.9 Å². The van der Waals surface area contributed by atoms with Gasteiger partial charge in [0.2, 0.25) is 10.0 Å². The normalized spacial score (nSPS) is 12.0. The van der Waals surface area contributed by atoms with Gasteiger partial charge in [-0.25, -0.2) is 22.7 Å². The van der Waals surface area contributed by atoms with Gasteiger partial charge >= 0.3 is 5.97 Å². The molecule has 172 valence electrons. The number of hydrogen-bond acceptors (Lipinski definition) is 8. The number of thioether (sulfide) groups is 1. The van der Waals surface area contributed by atoms with E-state index >= 15 is 0 Å². The third kappa shape index (κ3) is 4.85. The fraction of sp³-hybridized carbons (Fsp3) is 0.273. The minimum Gasteiger partial charge on any atom is -0.457 e. The van der Waals surface area contributed by atoms with Crippen LogP contribution in [0, 0.1) is 0 Å². The average Bonchev–Trinajstić information content (AvgIpc) is 3.17. The molecular weight excluding hydrogens is 462 g/mol. The molecule has 2 aromatic heterocycles. The van der Waals surface area contributed by atoms with Crippen LogP contribution >= 0.6 is 11.8 Å². The monoisotopic (exact) mass is 485 g/mol. The van der Waals surface area contributed by atoms with Crippen LogP contribution < -0.4 is 0 Å². The van der Waals surface area contributed by atoms with E-state index in [1.54, 1.807) is 18.3 Å². The molecule has 0 unspecified atom stereocenters. The first-order valence-corrected chi connectivity index (χ1v) is 12.6. The fourth-order valence-corrected chi connectivity index (χ4v) is 4.88. The zero-order valence-corrected chi connectivity index (χ0v) is 20.1. The Hall–Kier alpha value is -3.02. The summed E-state index contributed by atoms with van der Waals surface area (Å²) in [7, 11) is -0.602. The van der Waals surface area contributed by atoms with E-state index in [0.717, 1.165) is 20.9 Å². The van der Waals surface area contributed by atoms with Crippen LogP contribution in [0.15, 0.2) is 58.6 Å². The highest BCUT2D eigenvalue weighted by atomic mass is 32.2. The van der Waals surface area contributed by atoms with E-state index in [0.29, 0.717) is 22.9 Å². The van der Waals surface area contributed by atoms with Crippen molar-refractivity contribution in [1.29, 1.82) is 0 Å². The van der Waals surface area contributed by atoms with Crippen LogP contribution in [0.5, 0.6) is 0 Å². The zero-order chi connectivity index (χ0) is 23.6. The van der Waals surface area contributed by atoms with Gasteiger partial charge in [-0.05, 0) is 37.3 Å². The van der Waals surface area contributed by atoms with E-state index in [2.05, 4.69) is 15.0 Å². The van der Waals surface area contributed by atoms with Crippen LogP contribution in [0.1, 0.15) is 12.7 Å². The number of para-hydroxylation sites is 2. The molecule has 4 aromatic rings. The summed E-state index contributed by atoms with van der Waals surface area (Å²) in [5.74, 6) is 0.237. The summed E-state index contributed by atoms with van der Waals surface area (Å²) in [6, 6.07) is 12.4. The second kappa shape index (κ2) is 9.46. The molecule has 0 saturated carbocycles. The fourth-order valence-electron chi connectivity index (χ4n) is 3.32. The van der Waals surface area contributed by atoms with Crippen LogP contribution in [0.2, 0.25) is 0 Å². The summed E-state index contributed by atoms with van der Waals surface area (Å²) in [6.07, 6.45) is 1.64. The Kier molecular flexibility index (Phi) is 6.63. The van der Waals surface area contributed by atoms with Crippen molar-refractivity contribution in [2.24, 2.45) is 0 Å². The number of imidazole rings is 1. The zero-order valence-electron chi connectivity index (χ0n) is 18.4. The number of esters is 1. The van der Waals surface area contributed by atoms with Crippen molar-refractivity contribution in [3.05, 3.63) is 54.5 Å². The predicted molar refractivity (Wildman–Crippen MR) is 126 cm³/mol. The Morgan fingerprint density at radius 3 is 2.58 bits per heavy atom. The van der Waals surface area contributed by atoms with Crippen LogP contribution in [0.3, 0.4) is 0 Å². The van der Waals surface area contributed by atoms with E-state index < -0.39 is 16.0 Å². The maximum atomic E-state index is 12.4. The lowest BCUT2D eigenvalue weighted by Crippen LogP contribution is -2.22. The highest BCUT2D eigenvalue weighted by molar-refractivity contribution is 7.99. The molecule has 0 radical (unpaired) electrons. The molecule has 0 aliphatic rings. The molecule has 0 bridgehead atoms. The number of benzene rings is 2. The summed E-state index contributed by atoms with van der Waals surface area (Å²) in [5.41, 5.74) is 2.88. The molecule has 2 aromatic carbocycles. The second-order valence-corrected chi connectivity index (χ2v) is 10.5. The van der Waals surface area contributed by atoms with Gasteiger partial charge in [0.15, 0.2) is 0 Å². The van der Waals surface area contributed by atoms with Gasteiger partial charge in [0.25, 0.3) is 0 Å². The lowest BCUT2D eigenvalue weighted by molar-refractivity contribution is -0.142. The molecule has 0 amide bonds. The molecule has 33 heavy (non-hydrogen) atoms. The first-order chi connectivity index (χ1) is 15.8. The van der Waals surface area contributed by atoms with E-state index in [1.807, 2.05) is 35.8 Å². The molecule has 4 rings (SSSR count). The lowest BCUT2D eigenvalue weighted by Gasteiger charge is -2.11. The Morgan fingerprint density at radius 2 is 1.85 bits per heavy atom. The van der Waals surface area contributed by atoms with E-state index in [-0.39, 0.29) is 17.3 Å². The van der Waals surface area contributed by atoms with Gasteiger partial charge in [-0.3, -0.25) is 9.78 Å². The molecule has 0 aliphatic carbocycles. The molecule has 9 nitrogen and oxygen atoms in total. The Morgan fingerprint density at radius 1 is 1.09 bits per heavy atom. The molecule has 0 spiro atoms. The van der Waals surface area contributed by atoms with Crippen molar-refractivity contribution in [3.63, 3.8) is 0 Å². The summed E-state index contributed by atoms with van der Waals surface area (Å²) in [6.45, 7) is 2.54. The number of carbonyl (C=O) groups excluding carboxylic acids is 1. The maximum Gasteiger partial charge on any atom is 0.316 e. The maximum absolute atomic E-state index is 12.4. The second-order valence-electron chi connectivity index (χ2n) is 7.36. The molecule has 0 aliphatic heterocycles. The highest BCUT2D eigenvalue weighted by Gasteiger charge is 2.20. The molecule has 0 N–H and O–H groups in total. The standard InChI is InChI=1S/C22H23N5O4S2/c1-4-27-19-10-9-15(33(29,30)26(2)3)11-18(19)24-20(27)13-31-22(28)14-32-21-12-23-16-7-5-6-8-17(16)25-21/h5-12H,4,13-14H2,1-3H3. The van der Waals surface area contributed by atoms with Gasteiger partial charge in [0.1, 0.15) is 17.5 Å². The Labute approximate surface area is 195 Å². The van der Waals surface area contributed by atoms with Crippen molar-refractivity contribution in [1.82, 2.24) is 23.8 Å². The minimum absolute atomic E-state index is 0.0128. The number of aryl methyl sites for hydroxylation is 1. The van der Waals surface area contributed by atoms with Crippen molar-refractivity contribution in [2.75, 3.05) is 19.8 Å². The number of aromatic nitrogens is 4. The van der Waals surface area contributed by atoms with E-state index in [1.165, 1.54) is 31.9 Å². The van der Waals surface area contributed by atoms with E-state index in [4.69, 9.17) is 4.74 Å². The van der Waals surface area contributed by atoms with Crippen LogP contribution in [0.25, 0.3) is 22.1 Å². The number of nitrogens with zero attached hydrogens (tertiary/aromatic N) is 5. The lowest BCUT2D eigenvalue weighted by atomic mass is 10.3. The number of rotatable bonds is 8. The van der Waals surface area contributed by atoms with Crippen LogP contribution in [-0.4, -0.2) is 58.1 Å². The Balaban J connectivity index is 1.44. The van der Waals surface area contributed by atoms with Crippen molar-refractivity contribution in [2.45, 2.75) is 30.0 Å². The van der Waals surface area contributed by atoms with Gasteiger partial charge in [-0.2, -0.15) is 0 Å². The Bertz CT molecular complexity index is 1430. The molecule has 0 saturated heterocycles. The first kappa shape index (κ1) is 23.1. The number of sulfonamides is 1. The van der Waals surface area contributed by atoms with E-state index in [9.17, 15) is 13.2 Å². The quantitative estimate of drug-likeness (QED) is 0.277. The van der Waals surface area contributed by atoms with Crippen LogP contribution in [-0.2, 0) is 32.7 Å². The van der Waals surface area contributed by atoms with Gasteiger partial charge in [-0.1, -0.05) is 23.9 Å². The van der Waals surface area contributed by atoms with Crippen molar-refractivity contribution in [3.8, 4) is 0 Å². The van der Waals surface area contributed by atoms with Gasteiger partial charge < -0.3 is 9.30 Å². The van der Waals surface area contributed by atoms with Crippen molar-refractivity contribution < 1.29 is 17.9 Å². The topological polar surface area (TPSA) is 107 Å². The number of fused-ring (bicyclic) bond motifs is 2. The summed E-state index contributed by atoms with van der Waals surface area (Å²) < 4.78 is 33.3. The largest absolute Gasteiger partial charge is 0.457 e. The molecule has 0 fully saturated rings. The molecule has 2 heterocycles. The minimum atomic E-state index is -3.57. The van der Waals surface area contributed by atoms with Gasteiger partial charge in [0, 0.05) is 20.6 Å². The highest BCUT2D eigenvalue weighted by Crippen LogP contribution is 2.23. The van der Waals surface area contributed by atoms with Crippen molar-refractivity contribution >= 4 is 49.8 Å². The smallest absolute Gasteiger partial charge is 0.316 e. The number of carbonyl (C=O) groups is 1. The van der Waals surface area contributed by atoms with Gasteiger partial charge in [-0.15, -0.1) is 0 Å². The summed E-state index contributed by atoms with van der Waals surface area (Å²) >= 11 is 1.25. The summed E-state index contributed by atoms with van der Waals surface area (Å²) in [5, 5.41) is 0.640. The average molecular weight is 486 g/mol. The SMILES string of the molecule is CCn1c(COC(=O)CSc2cnc3ccccc3n2)nc2cc(S(=O)(=O)N(C)C)ccc21. The molecular formula is C22H23N5O4S2. The number of ether oxygens (including phenoxy) is 1. The first-order valence-electron chi connectivity index (χ1n) is 10.2. The van der Waals surface area contributed by atoms with Crippen LogP contribution in [0.4, 0.5) is 0 Å². The third-order valence-electron chi connectivity index (χ3n) is 5.02.